The van der Waals surface area contributed by atoms with Gasteiger partial charge in [-0.2, -0.15) is 5.10 Å². The minimum atomic E-state index is -0.0313. The molecule has 2 rings (SSSR count). The van der Waals surface area contributed by atoms with E-state index in [0.717, 1.165) is 11.3 Å². The van der Waals surface area contributed by atoms with Crippen LogP contribution in [0, 0.1) is 6.92 Å². The lowest BCUT2D eigenvalue weighted by Crippen LogP contribution is -2.39. The molecule has 1 amide bonds. The van der Waals surface area contributed by atoms with E-state index in [1.807, 2.05) is 26.0 Å². The molecule has 0 aliphatic carbocycles. The number of carbonyl (C=O) groups is 1. The Labute approximate surface area is 118 Å². The second-order valence-electron chi connectivity index (χ2n) is 4.84. The van der Waals surface area contributed by atoms with E-state index >= 15 is 0 Å². The quantitative estimate of drug-likeness (QED) is 0.901. The number of rotatable bonds is 4. The van der Waals surface area contributed by atoms with Gasteiger partial charge in [0.1, 0.15) is 12.7 Å². The Morgan fingerprint density at radius 3 is 2.80 bits per heavy atom. The van der Waals surface area contributed by atoms with Gasteiger partial charge in [0.2, 0.25) is 0 Å². The Bertz CT molecular complexity index is 594. The first-order valence-corrected chi connectivity index (χ1v) is 6.47. The maximum atomic E-state index is 12.3. The SMILES string of the molecule is Cc1cc(C(=O)N(C)C(C)CN)ccc1-n1cncn1. The van der Waals surface area contributed by atoms with Gasteiger partial charge in [-0.3, -0.25) is 4.79 Å². The Kier molecular flexibility index (Phi) is 4.14. The lowest BCUT2D eigenvalue weighted by molar-refractivity contribution is 0.0748. The molecule has 1 atom stereocenters. The number of nitrogens with zero attached hydrogens (tertiary/aromatic N) is 4. The minimum Gasteiger partial charge on any atom is -0.338 e. The van der Waals surface area contributed by atoms with Crippen molar-refractivity contribution in [1.82, 2.24) is 19.7 Å². The van der Waals surface area contributed by atoms with Crippen molar-refractivity contribution in [3.8, 4) is 5.69 Å². The van der Waals surface area contributed by atoms with Crippen molar-refractivity contribution >= 4 is 5.91 Å². The molecule has 1 heterocycles. The number of hydrogen-bond donors (Lipinski definition) is 1. The number of hydrogen-bond acceptors (Lipinski definition) is 4. The number of carbonyl (C=O) groups excluding carboxylic acids is 1. The average Bonchev–Trinajstić information content (AvgIpc) is 2.98. The second kappa shape index (κ2) is 5.83. The number of benzene rings is 1. The zero-order valence-electron chi connectivity index (χ0n) is 11.9. The normalized spacial score (nSPS) is 12.2. The maximum Gasteiger partial charge on any atom is 0.253 e. The van der Waals surface area contributed by atoms with Gasteiger partial charge in [-0.1, -0.05) is 0 Å². The number of amides is 1. The minimum absolute atomic E-state index is 0.0119. The average molecular weight is 273 g/mol. The van der Waals surface area contributed by atoms with E-state index in [1.54, 1.807) is 29.0 Å². The highest BCUT2D eigenvalue weighted by Gasteiger charge is 2.17. The van der Waals surface area contributed by atoms with E-state index in [9.17, 15) is 4.79 Å². The van der Waals surface area contributed by atoms with Crippen molar-refractivity contribution in [2.45, 2.75) is 19.9 Å². The zero-order chi connectivity index (χ0) is 14.7. The molecule has 1 aromatic carbocycles. The fraction of sp³-hybridized carbons (Fsp3) is 0.357. The first kappa shape index (κ1) is 14.2. The van der Waals surface area contributed by atoms with E-state index in [2.05, 4.69) is 10.1 Å². The van der Waals surface area contributed by atoms with Crippen LogP contribution in [-0.4, -0.2) is 45.2 Å². The van der Waals surface area contributed by atoms with Crippen LogP contribution in [0.25, 0.3) is 5.69 Å². The number of likely N-dealkylation sites (N-methyl/N-ethyl adjacent to an activating group) is 1. The Hall–Kier alpha value is -2.21. The Balaban J connectivity index is 2.27. The van der Waals surface area contributed by atoms with Gasteiger partial charge in [0.15, 0.2) is 0 Å². The molecule has 1 aromatic heterocycles. The molecular weight excluding hydrogens is 254 g/mol. The summed E-state index contributed by atoms with van der Waals surface area (Å²) in [7, 11) is 1.76. The van der Waals surface area contributed by atoms with Crippen molar-refractivity contribution in [1.29, 1.82) is 0 Å². The second-order valence-corrected chi connectivity index (χ2v) is 4.84. The smallest absolute Gasteiger partial charge is 0.253 e. The summed E-state index contributed by atoms with van der Waals surface area (Å²) in [5.74, 6) is -0.0313. The highest BCUT2D eigenvalue weighted by atomic mass is 16.2. The van der Waals surface area contributed by atoms with E-state index in [0.29, 0.717) is 12.1 Å². The first-order chi connectivity index (χ1) is 9.54. The molecule has 2 aromatic rings. The Morgan fingerprint density at radius 1 is 1.50 bits per heavy atom. The van der Waals surface area contributed by atoms with Crippen LogP contribution in [0.1, 0.15) is 22.8 Å². The zero-order valence-corrected chi connectivity index (χ0v) is 11.9. The molecule has 2 N–H and O–H groups in total. The molecule has 0 aliphatic rings. The van der Waals surface area contributed by atoms with Gasteiger partial charge in [-0.15, -0.1) is 0 Å². The lowest BCUT2D eigenvalue weighted by Gasteiger charge is -2.24. The molecule has 106 valence electrons. The molecule has 6 nitrogen and oxygen atoms in total. The lowest BCUT2D eigenvalue weighted by atomic mass is 10.1. The summed E-state index contributed by atoms with van der Waals surface area (Å²) in [6.07, 6.45) is 3.11. The topological polar surface area (TPSA) is 77.0 Å². The van der Waals surface area contributed by atoms with Gasteiger partial charge in [-0.05, 0) is 37.6 Å². The van der Waals surface area contributed by atoms with Crippen molar-refractivity contribution < 1.29 is 4.79 Å². The van der Waals surface area contributed by atoms with Gasteiger partial charge in [0.05, 0.1) is 5.69 Å². The number of aromatic nitrogens is 3. The molecule has 0 fully saturated rings. The van der Waals surface area contributed by atoms with E-state index < -0.39 is 0 Å². The summed E-state index contributed by atoms with van der Waals surface area (Å²) in [4.78, 5) is 17.9. The molecule has 1 unspecified atom stereocenters. The van der Waals surface area contributed by atoms with Crippen LogP contribution in [0.15, 0.2) is 30.9 Å². The van der Waals surface area contributed by atoms with Crippen molar-refractivity contribution in [3.05, 3.63) is 42.0 Å². The third-order valence-electron chi connectivity index (χ3n) is 3.43. The van der Waals surface area contributed by atoms with Crippen LogP contribution in [0.5, 0.6) is 0 Å². The van der Waals surface area contributed by atoms with E-state index in [-0.39, 0.29) is 11.9 Å². The number of nitrogens with two attached hydrogens (primary N) is 1. The van der Waals surface area contributed by atoms with Crippen molar-refractivity contribution in [2.75, 3.05) is 13.6 Å². The standard InChI is InChI=1S/C14H19N5O/c1-10-6-12(14(20)18(3)11(2)7-15)4-5-13(10)19-9-16-8-17-19/h4-6,8-9,11H,7,15H2,1-3H3. The first-order valence-electron chi connectivity index (χ1n) is 6.47. The molecular formula is C14H19N5O. The number of aryl methyl sites for hydroxylation is 1. The van der Waals surface area contributed by atoms with Gasteiger partial charge in [0, 0.05) is 25.2 Å². The van der Waals surface area contributed by atoms with Gasteiger partial charge >= 0.3 is 0 Å². The summed E-state index contributed by atoms with van der Waals surface area (Å²) in [5, 5.41) is 4.09. The van der Waals surface area contributed by atoms with Crippen LogP contribution < -0.4 is 5.73 Å². The van der Waals surface area contributed by atoms with Crippen LogP contribution in [0.4, 0.5) is 0 Å². The largest absolute Gasteiger partial charge is 0.338 e. The van der Waals surface area contributed by atoms with Crippen molar-refractivity contribution in [2.24, 2.45) is 5.73 Å². The monoisotopic (exact) mass is 273 g/mol. The summed E-state index contributed by atoms with van der Waals surface area (Å²) >= 11 is 0. The summed E-state index contributed by atoms with van der Waals surface area (Å²) in [6.45, 7) is 4.31. The molecule has 0 saturated carbocycles. The summed E-state index contributed by atoms with van der Waals surface area (Å²) in [6, 6.07) is 5.54. The van der Waals surface area contributed by atoms with Crippen LogP contribution in [0.3, 0.4) is 0 Å². The van der Waals surface area contributed by atoms with Crippen LogP contribution >= 0.6 is 0 Å². The van der Waals surface area contributed by atoms with Gasteiger partial charge in [-0.25, -0.2) is 9.67 Å². The highest BCUT2D eigenvalue weighted by Crippen LogP contribution is 2.16. The molecule has 0 aliphatic heterocycles. The molecule has 0 bridgehead atoms. The summed E-state index contributed by atoms with van der Waals surface area (Å²) < 4.78 is 1.68. The third kappa shape index (κ3) is 2.70. The summed E-state index contributed by atoms with van der Waals surface area (Å²) in [5.41, 5.74) is 8.12. The fourth-order valence-electron chi connectivity index (χ4n) is 1.94. The predicted molar refractivity (Wildman–Crippen MR) is 76.7 cm³/mol. The maximum absolute atomic E-state index is 12.3. The van der Waals surface area contributed by atoms with Crippen molar-refractivity contribution in [3.63, 3.8) is 0 Å². The highest BCUT2D eigenvalue weighted by molar-refractivity contribution is 5.94. The fourth-order valence-corrected chi connectivity index (χ4v) is 1.94. The van der Waals surface area contributed by atoms with Gasteiger partial charge in [0.25, 0.3) is 5.91 Å². The van der Waals surface area contributed by atoms with Crippen LogP contribution in [0.2, 0.25) is 0 Å². The van der Waals surface area contributed by atoms with E-state index in [4.69, 9.17) is 5.73 Å². The van der Waals surface area contributed by atoms with Gasteiger partial charge < -0.3 is 10.6 Å². The predicted octanol–water partition coefficient (Wildman–Crippen LogP) is 0.995. The molecule has 0 radical (unpaired) electrons. The third-order valence-corrected chi connectivity index (χ3v) is 3.43. The van der Waals surface area contributed by atoms with Crippen LogP contribution in [-0.2, 0) is 0 Å². The van der Waals surface area contributed by atoms with E-state index in [1.165, 1.54) is 6.33 Å². The molecule has 6 heteroatoms. The Morgan fingerprint density at radius 2 is 2.25 bits per heavy atom. The molecule has 20 heavy (non-hydrogen) atoms. The molecule has 0 saturated heterocycles. The molecule has 0 spiro atoms.